The maximum absolute atomic E-state index is 13.5. The first-order valence-electron chi connectivity index (χ1n) is 11.3. The van der Waals surface area contributed by atoms with Crippen LogP contribution in [0, 0.1) is 25.2 Å². The Kier molecular flexibility index (Phi) is 7.09. The number of thiazole rings is 1. The Labute approximate surface area is 207 Å². The molecule has 0 aliphatic heterocycles. The van der Waals surface area contributed by atoms with Crippen molar-refractivity contribution < 1.29 is 4.79 Å². The molecule has 0 fully saturated rings. The van der Waals surface area contributed by atoms with Gasteiger partial charge < -0.3 is 5.32 Å². The van der Waals surface area contributed by atoms with E-state index in [-0.39, 0.29) is 17.2 Å². The number of carbonyl (C=O) groups excluding carboxylic acids is 1. The lowest BCUT2D eigenvalue weighted by Crippen LogP contribution is -2.34. The first kappa shape index (κ1) is 23.9. The molecule has 1 aromatic heterocycles. The van der Waals surface area contributed by atoms with Gasteiger partial charge in [-0.15, -0.1) is 11.3 Å². The van der Waals surface area contributed by atoms with E-state index >= 15 is 0 Å². The zero-order chi connectivity index (χ0) is 24.9. The van der Waals surface area contributed by atoms with Crippen molar-refractivity contribution in [3.05, 3.63) is 121 Å². The van der Waals surface area contributed by atoms with Crippen LogP contribution in [-0.2, 0) is 4.79 Å². The van der Waals surface area contributed by atoms with Gasteiger partial charge in [-0.1, -0.05) is 72.3 Å². The minimum Gasteiger partial charge on any atom is -0.345 e. The van der Waals surface area contributed by atoms with E-state index in [1.807, 2.05) is 93.6 Å². The number of hydrogen-bond donors (Lipinski definition) is 1. The third-order valence-corrected chi connectivity index (χ3v) is 6.84. The van der Waals surface area contributed by atoms with E-state index in [0.717, 1.165) is 33.6 Å². The summed E-state index contributed by atoms with van der Waals surface area (Å²) in [4.78, 5) is 26.8. The average Bonchev–Trinajstić information content (AvgIpc) is 3.17. The largest absolute Gasteiger partial charge is 0.345 e. The summed E-state index contributed by atoms with van der Waals surface area (Å²) < 4.78 is 2.20. The van der Waals surface area contributed by atoms with Gasteiger partial charge in [0, 0.05) is 0 Å². The molecule has 35 heavy (non-hydrogen) atoms. The van der Waals surface area contributed by atoms with Crippen LogP contribution in [0.3, 0.4) is 0 Å². The molecule has 0 radical (unpaired) electrons. The lowest BCUT2D eigenvalue weighted by atomic mass is 10.1. The highest BCUT2D eigenvalue weighted by Crippen LogP contribution is 2.13. The van der Waals surface area contributed by atoms with Crippen molar-refractivity contribution >= 4 is 28.9 Å². The maximum Gasteiger partial charge on any atom is 0.273 e. The fourth-order valence-corrected chi connectivity index (χ4v) is 4.97. The fourth-order valence-electron chi connectivity index (χ4n) is 3.88. The van der Waals surface area contributed by atoms with Gasteiger partial charge in [0.05, 0.1) is 16.3 Å². The van der Waals surface area contributed by atoms with Crippen LogP contribution < -0.4 is 20.1 Å². The highest BCUT2D eigenvalue weighted by Gasteiger charge is 2.19. The molecule has 0 spiro atoms. The molecular weight excluding hydrogens is 454 g/mol. The van der Waals surface area contributed by atoms with Gasteiger partial charge >= 0.3 is 0 Å². The highest BCUT2D eigenvalue weighted by molar-refractivity contribution is 7.07. The van der Waals surface area contributed by atoms with Crippen molar-refractivity contribution in [3.8, 4) is 11.8 Å². The van der Waals surface area contributed by atoms with Crippen LogP contribution in [0.1, 0.15) is 35.2 Å². The van der Waals surface area contributed by atoms with Crippen LogP contribution in [0.5, 0.6) is 0 Å². The standard InChI is InChI=1S/C29H25N3O2S/c1-19-14-15-23(20(2)16-19)17-26-28(34)32(24-12-8-5-9-13-24)29(35-26)25(18-30)27(33)31-21(3)22-10-6-4-7-11-22/h4-17,21H,1-3H3,(H,31,33)/b26-17+,29-25-/t21-/m0/s1. The van der Waals surface area contributed by atoms with Crippen LogP contribution in [0.2, 0.25) is 0 Å². The van der Waals surface area contributed by atoms with E-state index in [1.165, 1.54) is 4.57 Å². The van der Waals surface area contributed by atoms with Crippen molar-refractivity contribution in [3.63, 3.8) is 0 Å². The van der Waals surface area contributed by atoms with Gasteiger partial charge in [0.25, 0.3) is 11.5 Å². The normalized spacial score (nSPS) is 13.1. The third kappa shape index (κ3) is 5.16. The second kappa shape index (κ2) is 10.4. The van der Waals surface area contributed by atoms with E-state index in [2.05, 4.69) is 11.4 Å². The van der Waals surface area contributed by atoms with Crippen molar-refractivity contribution in [1.82, 2.24) is 9.88 Å². The van der Waals surface area contributed by atoms with Crippen molar-refractivity contribution in [2.24, 2.45) is 0 Å². The van der Waals surface area contributed by atoms with Crippen LogP contribution in [-0.4, -0.2) is 10.5 Å². The molecule has 0 unspecified atom stereocenters. The number of amides is 1. The smallest absolute Gasteiger partial charge is 0.273 e. The molecular formula is C29H25N3O2S. The fraction of sp³-hybridized carbons (Fsp3) is 0.138. The predicted molar refractivity (Wildman–Crippen MR) is 141 cm³/mol. The zero-order valence-electron chi connectivity index (χ0n) is 19.8. The predicted octanol–water partition coefficient (Wildman–Crippen LogP) is 3.90. The molecule has 1 atom stereocenters. The number of para-hydroxylation sites is 1. The highest BCUT2D eigenvalue weighted by atomic mass is 32.1. The lowest BCUT2D eigenvalue weighted by molar-refractivity contribution is -0.116. The first-order chi connectivity index (χ1) is 16.9. The van der Waals surface area contributed by atoms with Crippen LogP contribution >= 0.6 is 11.3 Å². The van der Waals surface area contributed by atoms with E-state index in [9.17, 15) is 14.9 Å². The van der Waals surface area contributed by atoms with Crippen LogP contribution in [0.15, 0.2) is 83.7 Å². The monoisotopic (exact) mass is 479 g/mol. The number of nitriles is 1. The number of carbonyl (C=O) groups is 1. The van der Waals surface area contributed by atoms with E-state index in [0.29, 0.717) is 14.9 Å². The minimum atomic E-state index is -0.521. The summed E-state index contributed by atoms with van der Waals surface area (Å²) >= 11 is 1.15. The topological polar surface area (TPSA) is 74.9 Å². The van der Waals surface area contributed by atoms with E-state index in [4.69, 9.17) is 0 Å². The number of aromatic nitrogens is 1. The lowest BCUT2D eigenvalue weighted by Gasteiger charge is -2.13. The van der Waals surface area contributed by atoms with Crippen molar-refractivity contribution in [2.75, 3.05) is 0 Å². The molecule has 0 saturated carbocycles. The Bertz CT molecular complexity index is 1590. The molecule has 174 valence electrons. The summed E-state index contributed by atoms with van der Waals surface area (Å²) in [6.45, 7) is 5.88. The summed E-state index contributed by atoms with van der Waals surface area (Å²) in [5, 5.41) is 12.9. The van der Waals surface area contributed by atoms with Gasteiger partial charge in [-0.2, -0.15) is 5.26 Å². The summed E-state index contributed by atoms with van der Waals surface area (Å²) in [5.41, 5.74) is 4.25. The molecule has 4 aromatic rings. The summed E-state index contributed by atoms with van der Waals surface area (Å²) in [6, 6.07) is 26.4. The number of nitrogens with one attached hydrogen (secondary N) is 1. The molecule has 6 heteroatoms. The summed E-state index contributed by atoms with van der Waals surface area (Å²) in [7, 11) is 0. The zero-order valence-corrected chi connectivity index (χ0v) is 20.6. The Balaban J connectivity index is 1.91. The second-order valence-corrected chi connectivity index (χ2v) is 9.38. The van der Waals surface area contributed by atoms with E-state index < -0.39 is 5.91 Å². The molecule has 4 rings (SSSR count). The van der Waals surface area contributed by atoms with Crippen molar-refractivity contribution in [1.29, 1.82) is 5.26 Å². The Morgan fingerprint density at radius 1 is 1.03 bits per heavy atom. The first-order valence-corrected chi connectivity index (χ1v) is 12.1. The molecule has 0 aliphatic carbocycles. The number of aryl methyl sites for hydroxylation is 2. The summed E-state index contributed by atoms with van der Waals surface area (Å²) in [6.07, 6.45) is 1.82. The SMILES string of the molecule is Cc1ccc(/C=c2/s/c(=C(/C#N)C(=O)N[C@@H](C)c3ccccc3)n(-c3ccccc3)c2=O)c(C)c1. The molecule has 1 amide bonds. The molecule has 0 saturated heterocycles. The van der Waals surface area contributed by atoms with Gasteiger partial charge in [-0.3, -0.25) is 14.2 Å². The minimum absolute atomic E-state index is 0.0981. The average molecular weight is 480 g/mol. The third-order valence-electron chi connectivity index (χ3n) is 5.75. The number of hydrogen-bond acceptors (Lipinski definition) is 4. The quantitative estimate of drug-likeness (QED) is 0.472. The maximum atomic E-state index is 13.5. The summed E-state index contributed by atoms with van der Waals surface area (Å²) in [5.74, 6) is -0.521. The van der Waals surface area contributed by atoms with Gasteiger partial charge in [0.15, 0.2) is 5.57 Å². The van der Waals surface area contributed by atoms with Crippen molar-refractivity contribution in [2.45, 2.75) is 26.8 Å². The number of rotatable bonds is 5. The molecule has 1 N–H and O–H groups in total. The van der Waals surface area contributed by atoms with Gasteiger partial charge in [0.2, 0.25) is 0 Å². The molecule has 5 nitrogen and oxygen atoms in total. The molecule has 1 heterocycles. The van der Waals surface area contributed by atoms with Gasteiger partial charge in [-0.25, -0.2) is 0 Å². The molecule has 0 bridgehead atoms. The van der Waals surface area contributed by atoms with Crippen LogP contribution in [0.25, 0.3) is 17.3 Å². The van der Waals surface area contributed by atoms with E-state index in [1.54, 1.807) is 12.1 Å². The number of benzene rings is 3. The van der Waals surface area contributed by atoms with Crippen LogP contribution in [0.4, 0.5) is 0 Å². The Hall–Kier alpha value is -4.21. The van der Waals surface area contributed by atoms with Gasteiger partial charge in [0.1, 0.15) is 10.7 Å². The Morgan fingerprint density at radius 3 is 2.31 bits per heavy atom. The molecule has 3 aromatic carbocycles. The van der Waals surface area contributed by atoms with Gasteiger partial charge in [-0.05, 0) is 55.7 Å². The molecule has 0 aliphatic rings. The Morgan fingerprint density at radius 2 is 1.69 bits per heavy atom. The second-order valence-electron chi connectivity index (χ2n) is 8.34. The number of nitrogens with zero attached hydrogens (tertiary/aromatic N) is 2.